The number of rotatable bonds is 4. The minimum absolute atomic E-state index is 0.0737. The summed E-state index contributed by atoms with van der Waals surface area (Å²) in [6.07, 6.45) is 11.1. The van der Waals surface area contributed by atoms with Gasteiger partial charge in [0, 0.05) is 0 Å². The first-order valence-corrected chi connectivity index (χ1v) is 15.9. The van der Waals surface area contributed by atoms with Gasteiger partial charge >= 0.3 is 23.2 Å². The zero-order valence-corrected chi connectivity index (χ0v) is 20.3. The molecule has 12 heteroatoms. The third-order valence-corrected chi connectivity index (χ3v) is 5.81. The Bertz CT molecular complexity index is 384. The predicted molar refractivity (Wildman–Crippen MR) is 99.9 cm³/mol. The Morgan fingerprint density at radius 1 is 0.750 bits per heavy atom. The molecule has 5 nitrogen and oxygen atoms in total. The zero-order chi connectivity index (χ0) is 18.6. The molecule has 140 valence electrons. The van der Waals surface area contributed by atoms with Gasteiger partial charge in [0.25, 0.3) is 0 Å². The number of hydrogen-bond acceptors (Lipinski definition) is 9. The average Bonchev–Trinajstić information content (AvgIpc) is 2.48. The molecule has 0 radical (unpaired) electrons. The second kappa shape index (κ2) is 14.3. The molecule has 0 spiro atoms. The van der Waals surface area contributed by atoms with Crippen LogP contribution in [0.1, 0.15) is 64.2 Å². The summed E-state index contributed by atoms with van der Waals surface area (Å²) < 4.78 is 18.4. The Morgan fingerprint density at radius 2 is 1.00 bits per heavy atom. The first kappa shape index (κ1) is 26.3. The van der Waals surface area contributed by atoms with Gasteiger partial charge in [-0.3, -0.25) is 0 Å². The van der Waals surface area contributed by atoms with Crippen molar-refractivity contribution in [2.24, 2.45) is 0 Å². The summed E-state index contributed by atoms with van der Waals surface area (Å²) in [5, 5.41) is 0. The van der Waals surface area contributed by atoms with E-state index >= 15 is 0 Å². The van der Waals surface area contributed by atoms with Crippen LogP contribution in [0.25, 0.3) is 0 Å². The van der Waals surface area contributed by atoms with Crippen LogP contribution in [0.3, 0.4) is 0 Å². The third-order valence-electron chi connectivity index (χ3n) is 3.66. The molecule has 0 bridgehead atoms. The topological polar surface area (TPSA) is 81.7 Å². The standard InChI is InChI=1S/2C6H13O2PS2.Mo.O/c2*7-9(10,11)8-6-4-2-1-3-5-6;;/h2*6H,1-5H2,(H2,7,10,11);;/q;;+4;/p-4. The van der Waals surface area contributed by atoms with Crippen molar-refractivity contribution >= 4 is 59.5 Å². The molecule has 0 aromatic carbocycles. The third kappa shape index (κ3) is 16.5. The molecular weight excluding hydrogens is 510 g/mol. The van der Waals surface area contributed by atoms with Crippen LogP contribution >= 0.6 is 11.4 Å². The molecule has 0 amide bonds. The summed E-state index contributed by atoms with van der Waals surface area (Å²) in [5.74, 6) is 0. The second-order valence-corrected chi connectivity index (χ2v) is 15.0. The van der Waals surface area contributed by atoms with Crippen LogP contribution in [-0.2, 0) is 80.3 Å². The molecule has 0 heterocycles. The van der Waals surface area contributed by atoms with Crippen molar-refractivity contribution in [1.29, 1.82) is 0 Å². The Morgan fingerprint density at radius 3 is 1.21 bits per heavy atom. The van der Waals surface area contributed by atoms with Crippen molar-refractivity contribution < 1.29 is 42.0 Å². The van der Waals surface area contributed by atoms with Gasteiger partial charge in [-0.05, 0) is 25.7 Å². The molecule has 2 aliphatic rings. The van der Waals surface area contributed by atoms with E-state index in [1.54, 1.807) is 0 Å². The Labute approximate surface area is 176 Å². The summed E-state index contributed by atoms with van der Waals surface area (Å²) in [6.45, 7) is 0. The van der Waals surface area contributed by atoms with E-state index in [9.17, 15) is 9.79 Å². The molecule has 0 N–H and O–H groups in total. The molecule has 2 unspecified atom stereocenters. The van der Waals surface area contributed by atoms with Crippen LogP contribution in [-0.4, -0.2) is 12.2 Å². The van der Waals surface area contributed by atoms with Gasteiger partial charge in [-0.15, -0.1) is 35.0 Å². The van der Waals surface area contributed by atoms with Gasteiger partial charge in [0.2, 0.25) is 0 Å². The maximum absolute atomic E-state index is 10.9. The van der Waals surface area contributed by atoms with Crippen LogP contribution in [0.4, 0.5) is 0 Å². The molecule has 2 aliphatic carbocycles. The van der Waals surface area contributed by atoms with Crippen molar-refractivity contribution in [1.82, 2.24) is 0 Å². The minimum atomic E-state index is -3.07. The Kier molecular flexibility index (Phi) is 15.7. The molecule has 2 saturated carbocycles. The quantitative estimate of drug-likeness (QED) is 0.309. The average molecular weight is 532 g/mol. The van der Waals surface area contributed by atoms with Crippen molar-refractivity contribution in [2.45, 2.75) is 76.4 Å². The van der Waals surface area contributed by atoms with Crippen LogP contribution in [0.5, 0.6) is 0 Å². The zero-order valence-electron chi connectivity index (χ0n) is 13.2. The molecular formula is C12H22MoO5P2S4. The summed E-state index contributed by atoms with van der Waals surface area (Å²) in [6, 6.07) is 0. The van der Waals surface area contributed by atoms with Crippen LogP contribution in [0.2, 0.25) is 0 Å². The van der Waals surface area contributed by atoms with Crippen LogP contribution < -0.4 is 9.79 Å². The summed E-state index contributed by atoms with van der Waals surface area (Å²) in [4.78, 5) is 21.8. The van der Waals surface area contributed by atoms with Gasteiger partial charge < -0.3 is 43.3 Å². The van der Waals surface area contributed by atoms with Crippen LogP contribution in [0, 0.1) is 0 Å². The first-order chi connectivity index (χ1) is 11.2. The van der Waals surface area contributed by atoms with E-state index in [2.05, 4.69) is 48.1 Å². The fourth-order valence-electron chi connectivity index (χ4n) is 2.71. The van der Waals surface area contributed by atoms with Crippen molar-refractivity contribution in [3.05, 3.63) is 0 Å². The van der Waals surface area contributed by atoms with E-state index in [0.29, 0.717) is 19.8 Å². The summed E-state index contributed by atoms with van der Waals surface area (Å²) >= 11 is 18.8. The molecule has 24 heavy (non-hydrogen) atoms. The van der Waals surface area contributed by atoms with E-state index < -0.39 is 11.4 Å². The maximum atomic E-state index is 10.9. The monoisotopic (exact) mass is 534 g/mol. The molecule has 0 aromatic heterocycles. The fraction of sp³-hybridized carbons (Fsp3) is 1.00. The van der Waals surface area contributed by atoms with E-state index in [0.717, 1.165) is 51.4 Å². The Hall–Kier alpha value is 2.33. The van der Waals surface area contributed by atoms with Gasteiger partial charge in [0.15, 0.2) is 0 Å². The molecule has 2 atom stereocenters. The Balaban J connectivity index is 0.000000400. The SMILES string of the molecule is [O-]P(=S)([S-])OC1CCCCC1.[O-]P(=S)([S-])OC1CCCCC1.[O]=[Mo+4]. The van der Waals surface area contributed by atoms with Crippen molar-refractivity contribution in [3.63, 3.8) is 0 Å². The van der Waals surface area contributed by atoms with Crippen LogP contribution in [0.15, 0.2) is 0 Å². The van der Waals surface area contributed by atoms with Gasteiger partial charge in [-0.25, -0.2) is 0 Å². The van der Waals surface area contributed by atoms with Gasteiger partial charge in [0.05, 0.1) is 12.2 Å². The second-order valence-electron chi connectivity index (χ2n) is 5.63. The molecule has 0 aromatic rings. The molecule has 2 fully saturated rings. The predicted octanol–water partition coefficient (Wildman–Crippen LogP) is 2.81. The van der Waals surface area contributed by atoms with Gasteiger partial charge in [0.1, 0.15) is 0 Å². The van der Waals surface area contributed by atoms with Crippen molar-refractivity contribution in [3.8, 4) is 0 Å². The first-order valence-electron chi connectivity index (χ1n) is 7.73. The summed E-state index contributed by atoms with van der Waals surface area (Å²) in [5.41, 5.74) is -6.14. The van der Waals surface area contributed by atoms with Gasteiger partial charge in [-0.1, -0.05) is 38.5 Å². The van der Waals surface area contributed by atoms with E-state index in [-0.39, 0.29) is 12.2 Å². The number of hydrogen-bond donors (Lipinski definition) is 0. The molecule has 2 rings (SSSR count). The molecule has 0 aliphatic heterocycles. The normalized spacial score (nSPS) is 24.4. The summed E-state index contributed by atoms with van der Waals surface area (Å²) in [7, 11) is 0. The fourth-order valence-corrected chi connectivity index (χ4v) is 5.32. The van der Waals surface area contributed by atoms with E-state index in [4.69, 9.17) is 12.4 Å². The van der Waals surface area contributed by atoms with E-state index in [1.807, 2.05) is 0 Å². The molecule has 0 saturated heterocycles. The van der Waals surface area contributed by atoms with Crippen molar-refractivity contribution in [2.75, 3.05) is 0 Å². The van der Waals surface area contributed by atoms with E-state index in [1.165, 1.54) is 12.8 Å². The van der Waals surface area contributed by atoms with Gasteiger partial charge in [-0.2, -0.15) is 0 Å².